The lowest BCUT2D eigenvalue weighted by Gasteiger charge is -2.24. The van der Waals surface area contributed by atoms with Gasteiger partial charge >= 0.3 is 12.1 Å². The van der Waals surface area contributed by atoms with Crippen LogP contribution in [0.1, 0.15) is 35.7 Å². The first kappa shape index (κ1) is 27.0. The van der Waals surface area contributed by atoms with Crippen LogP contribution in [0.15, 0.2) is 63.9 Å². The Morgan fingerprint density at radius 2 is 1.86 bits per heavy atom. The number of rotatable bonds is 8. The van der Waals surface area contributed by atoms with Crippen molar-refractivity contribution in [3.63, 3.8) is 0 Å². The topological polar surface area (TPSA) is 120 Å². The van der Waals surface area contributed by atoms with Crippen molar-refractivity contribution in [2.45, 2.75) is 37.6 Å². The molecule has 0 saturated heterocycles. The number of esters is 1. The van der Waals surface area contributed by atoms with Gasteiger partial charge in [-0.2, -0.15) is 13.2 Å². The SMILES string of the molecule is CC(C)OC(=O)c1ccc(CN(c2cccc(C(F)(F)F)c2)S(=O)(=O)c2ccc(Cl)c([N+](=O)[O-])c2)o1. The quantitative estimate of drug-likeness (QED) is 0.198. The van der Waals surface area contributed by atoms with E-state index in [4.69, 9.17) is 20.8 Å². The number of carbonyl (C=O) groups excluding carboxylic acids is 1. The van der Waals surface area contributed by atoms with Crippen molar-refractivity contribution in [2.24, 2.45) is 0 Å². The highest BCUT2D eigenvalue weighted by Gasteiger charge is 2.34. The first-order valence-electron chi connectivity index (χ1n) is 10.1. The van der Waals surface area contributed by atoms with Crippen LogP contribution >= 0.6 is 11.6 Å². The van der Waals surface area contributed by atoms with E-state index in [-0.39, 0.29) is 16.5 Å². The van der Waals surface area contributed by atoms with Crippen LogP contribution in [0.5, 0.6) is 0 Å². The summed E-state index contributed by atoms with van der Waals surface area (Å²) < 4.78 is 78.0. The van der Waals surface area contributed by atoms with Gasteiger partial charge in [0, 0.05) is 6.07 Å². The van der Waals surface area contributed by atoms with E-state index in [9.17, 15) is 36.5 Å². The molecule has 3 rings (SSSR count). The fourth-order valence-electron chi connectivity index (χ4n) is 3.06. The Labute approximate surface area is 208 Å². The molecule has 0 unspecified atom stereocenters. The highest BCUT2D eigenvalue weighted by Crippen LogP contribution is 2.35. The highest BCUT2D eigenvalue weighted by atomic mass is 35.5. The maximum Gasteiger partial charge on any atom is 0.416 e. The Hall–Kier alpha value is -3.58. The van der Waals surface area contributed by atoms with E-state index >= 15 is 0 Å². The number of anilines is 1. The number of hydrogen-bond donors (Lipinski definition) is 0. The van der Waals surface area contributed by atoms with E-state index in [0.29, 0.717) is 16.4 Å². The first-order chi connectivity index (χ1) is 16.7. The summed E-state index contributed by atoms with van der Waals surface area (Å²) in [6.45, 7) is 2.57. The van der Waals surface area contributed by atoms with Crippen LogP contribution in [0.3, 0.4) is 0 Å². The van der Waals surface area contributed by atoms with Crippen LogP contribution < -0.4 is 4.31 Å². The molecule has 0 aliphatic rings. The Balaban J connectivity index is 2.11. The molecular weight excluding hydrogens is 529 g/mol. The summed E-state index contributed by atoms with van der Waals surface area (Å²) in [6, 6.07) is 8.66. The van der Waals surface area contributed by atoms with E-state index < -0.39 is 61.6 Å². The number of nitro groups is 1. The molecule has 2 aromatic carbocycles. The molecule has 0 bridgehead atoms. The maximum atomic E-state index is 13.5. The molecule has 9 nitrogen and oxygen atoms in total. The van der Waals surface area contributed by atoms with Crippen molar-refractivity contribution in [3.8, 4) is 0 Å². The number of nitro benzene ring substituents is 1. The third-order valence-electron chi connectivity index (χ3n) is 4.67. The minimum atomic E-state index is -4.77. The zero-order valence-corrected chi connectivity index (χ0v) is 20.2. The van der Waals surface area contributed by atoms with Crippen molar-refractivity contribution in [1.82, 2.24) is 0 Å². The van der Waals surface area contributed by atoms with Gasteiger partial charge < -0.3 is 9.15 Å². The fourth-order valence-corrected chi connectivity index (χ4v) is 4.69. The van der Waals surface area contributed by atoms with Gasteiger partial charge in [-0.15, -0.1) is 0 Å². The van der Waals surface area contributed by atoms with Gasteiger partial charge in [0.1, 0.15) is 10.8 Å². The number of alkyl halides is 3. The van der Waals surface area contributed by atoms with Gasteiger partial charge in [0.2, 0.25) is 5.76 Å². The molecule has 0 fully saturated rings. The highest BCUT2D eigenvalue weighted by molar-refractivity contribution is 7.92. The average Bonchev–Trinajstić information content (AvgIpc) is 3.25. The van der Waals surface area contributed by atoms with Crippen LogP contribution in [0.2, 0.25) is 5.02 Å². The van der Waals surface area contributed by atoms with Gasteiger partial charge in [-0.1, -0.05) is 17.7 Å². The van der Waals surface area contributed by atoms with Crippen LogP contribution in [-0.2, 0) is 27.5 Å². The standard InChI is InChI=1S/C22H18ClF3N2O7S/c1-13(2)34-21(29)20-9-6-16(35-20)12-27(15-5-3-4-14(10-15)22(24,25)26)36(32,33)17-7-8-18(23)19(11-17)28(30)31/h3-11,13H,12H2,1-2H3. The normalized spacial score (nSPS) is 12.0. The number of nitrogens with zero attached hydrogens (tertiary/aromatic N) is 2. The molecule has 0 N–H and O–H groups in total. The number of hydrogen-bond acceptors (Lipinski definition) is 7. The van der Waals surface area contributed by atoms with Gasteiger partial charge in [-0.3, -0.25) is 14.4 Å². The maximum absolute atomic E-state index is 13.5. The lowest BCUT2D eigenvalue weighted by atomic mass is 10.2. The molecular formula is C22H18ClF3N2O7S. The van der Waals surface area contributed by atoms with Crippen LogP contribution in [0.4, 0.5) is 24.5 Å². The third-order valence-corrected chi connectivity index (χ3v) is 6.76. The molecule has 1 heterocycles. The summed E-state index contributed by atoms with van der Waals surface area (Å²) in [7, 11) is -4.69. The van der Waals surface area contributed by atoms with Crippen LogP contribution in [0, 0.1) is 10.1 Å². The molecule has 3 aromatic rings. The Kier molecular flexibility index (Phi) is 7.65. The van der Waals surface area contributed by atoms with E-state index in [1.165, 1.54) is 12.1 Å². The number of carbonyl (C=O) groups is 1. The van der Waals surface area contributed by atoms with E-state index in [0.717, 1.165) is 30.3 Å². The zero-order valence-electron chi connectivity index (χ0n) is 18.7. The van der Waals surface area contributed by atoms with Crippen molar-refractivity contribution in [3.05, 3.63) is 86.8 Å². The van der Waals surface area contributed by atoms with Crippen LogP contribution in [-0.4, -0.2) is 25.4 Å². The zero-order chi connectivity index (χ0) is 26.8. The molecule has 0 radical (unpaired) electrons. The van der Waals surface area contributed by atoms with Gasteiger partial charge in [-0.25, -0.2) is 13.2 Å². The molecule has 0 spiro atoms. The fraction of sp³-hybridized carbons (Fsp3) is 0.227. The summed E-state index contributed by atoms with van der Waals surface area (Å²) in [5, 5.41) is 10.9. The van der Waals surface area contributed by atoms with Gasteiger partial charge in [-0.05, 0) is 56.3 Å². The Morgan fingerprint density at radius 1 is 1.17 bits per heavy atom. The van der Waals surface area contributed by atoms with Gasteiger partial charge in [0.15, 0.2) is 0 Å². The number of benzene rings is 2. The smallest absolute Gasteiger partial charge is 0.416 e. The molecule has 36 heavy (non-hydrogen) atoms. The summed E-state index contributed by atoms with van der Waals surface area (Å²) in [5.74, 6) is -1.17. The van der Waals surface area contributed by atoms with E-state index in [1.54, 1.807) is 13.8 Å². The number of ether oxygens (including phenoxy) is 1. The third kappa shape index (κ3) is 5.97. The summed E-state index contributed by atoms with van der Waals surface area (Å²) >= 11 is 5.77. The summed E-state index contributed by atoms with van der Waals surface area (Å²) in [6.07, 6.45) is -5.24. The van der Waals surface area contributed by atoms with Crippen LogP contribution in [0.25, 0.3) is 0 Å². The molecule has 0 amide bonds. The summed E-state index contributed by atoms with van der Waals surface area (Å²) in [5.41, 5.74) is -2.23. The first-order valence-corrected chi connectivity index (χ1v) is 12.0. The average molecular weight is 547 g/mol. The monoisotopic (exact) mass is 546 g/mol. The minimum Gasteiger partial charge on any atom is -0.457 e. The second-order valence-corrected chi connectivity index (χ2v) is 9.92. The van der Waals surface area contributed by atoms with Crippen molar-refractivity contribution in [2.75, 3.05) is 4.31 Å². The lowest BCUT2D eigenvalue weighted by molar-refractivity contribution is -0.384. The molecule has 0 atom stereocenters. The van der Waals surface area contributed by atoms with Crippen molar-refractivity contribution >= 4 is 39.0 Å². The molecule has 1 aromatic heterocycles. The largest absolute Gasteiger partial charge is 0.457 e. The lowest BCUT2D eigenvalue weighted by Crippen LogP contribution is -2.30. The minimum absolute atomic E-state index is 0.102. The molecule has 192 valence electrons. The van der Waals surface area contributed by atoms with Crippen molar-refractivity contribution < 1.29 is 40.5 Å². The number of sulfonamides is 1. The predicted octanol–water partition coefficient (Wildman–Crippen LogP) is 5.82. The van der Waals surface area contributed by atoms with E-state index in [2.05, 4.69) is 0 Å². The van der Waals surface area contributed by atoms with Gasteiger partial charge in [0.25, 0.3) is 15.7 Å². The number of furan rings is 1. The second kappa shape index (κ2) is 10.2. The van der Waals surface area contributed by atoms with Crippen molar-refractivity contribution in [1.29, 1.82) is 0 Å². The predicted molar refractivity (Wildman–Crippen MR) is 122 cm³/mol. The summed E-state index contributed by atoms with van der Waals surface area (Å²) in [4.78, 5) is 21.9. The molecule has 14 heteroatoms. The Bertz CT molecular complexity index is 1400. The molecule has 0 aliphatic heterocycles. The van der Waals surface area contributed by atoms with E-state index in [1.807, 2.05) is 0 Å². The molecule has 0 saturated carbocycles. The molecule has 0 aliphatic carbocycles. The number of halogens is 4. The van der Waals surface area contributed by atoms with Gasteiger partial charge in [0.05, 0.1) is 33.7 Å². The second-order valence-electron chi connectivity index (χ2n) is 7.65. The Morgan fingerprint density at radius 3 is 2.47 bits per heavy atom.